The fourth-order valence-electron chi connectivity index (χ4n) is 2.56. The number of nitrogens with zero attached hydrogens (tertiary/aromatic N) is 1. The largest absolute Gasteiger partial charge is 0.465 e. The first-order chi connectivity index (χ1) is 10.8. The molecule has 1 aromatic carbocycles. The number of aromatic nitrogens is 1. The molecule has 5 heteroatoms. The minimum absolute atomic E-state index is 0.225. The first-order valence-electron chi connectivity index (χ1n) is 7.43. The third kappa shape index (κ3) is 3.43. The standard InChI is InChI=1S/C17H19NO4/c1-20-17(19)13-5-7-16-12(9-13)4-6-14(18-16)10-21-11-15-3-2-8-22-15/h4-7,9,15H,2-3,8,10-11H2,1H3. The van der Waals surface area contributed by atoms with Crippen LogP contribution in [0.4, 0.5) is 0 Å². The van der Waals surface area contributed by atoms with Gasteiger partial charge in [0.25, 0.3) is 0 Å². The van der Waals surface area contributed by atoms with E-state index in [0.29, 0.717) is 18.8 Å². The highest BCUT2D eigenvalue weighted by molar-refractivity contribution is 5.94. The Labute approximate surface area is 129 Å². The third-order valence-corrected chi connectivity index (χ3v) is 3.75. The Morgan fingerprint density at radius 2 is 2.27 bits per heavy atom. The highest BCUT2D eigenvalue weighted by Crippen LogP contribution is 2.17. The predicted molar refractivity (Wildman–Crippen MR) is 81.7 cm³/mol. The van der Waals surface area contributed by atoms with Crippen LogP contribution in [0.5, 0.6) is 0 Å². The molecule has 1 unspecified atom stereocenters. The molecule has 0 saturated carbocycles. The summed E-state index contributed by atoms with van der Waals surface area (Å²) in [6.45, 7) is 1.92. The Bertz CT molecular complexity index is 665. The minimum atomic E-state index is -0.342. The van der Waals surface area contributed by atoms with Crippen LogP contribution in [0.1, 0.15) is 28.9 Å². The Morgan fingerprint density at radius 1 is 1.36 bits per heavy atom. The van der Waals surface area contributed by atoms with Crippen LogP contribution in [-0.2, 0) is 20.8 Å². The molecule has 0 aliphatic carbocycles. The van der Waals surface area contributed by atoms with Crippen LogP contribution >= 0.6 is 0 Å². The van der Waals surface area contributed by atoms with Gasteiger partial charge in [-0.15, -0.1) is 0 Å². The molecular formula is C17H19NO4. The van der Waals surface area contributed by atoms with Crippen LogP contribution in [0.25, 0.3) is 10.9 Å². The number of carbonyl (C=O) groups is 1. The van der Waals surface area contributed by atoms with Gasteiger partial charge in [0.05, 0.1) is 43.2 Å². The molecule has 1 fully saturated rings. The van der Waals surface area contributed by atoms with Gasteiger partial charge in [-0.2, -0.15) is 0 Å². The smallest absolute Gasteiger partial charge is 0.337 e. The summed E-state index contributed by atoms with van der Waals surface area (Å²) < 4.78 is 15.9. The van der Waals surface area contributed by atoms with Crippen LogP contribution in [0.15, 0.2) is 30.3 Å². The zero-order valence-corrected chi connectivity index (χ0v) is 12.6. The summed E-state index contributed by atoms with van der Waals surface area (Å²) in [5.41, 5.74) is 2.24. The van der Waals surface area contributed by atoms with E-state index < -0.39 is 0 Å². The Morgan fingerprint density at radius 3 is 3.05 bits per heavy atom. The molecule has 1 aliphatic heterocycles. The van der Waals surface area contributed by atoms with Crippen molar-refractivity contribution in [2.24, 2.45) is 0 Å². The van der Waals surface area contributed by atoms with E-state index >= 15 is 0 Å². The Hall–Kier alpha value is -1.98. The van der Waals surface area contributed by atoms with Crippen LogP contribution in [0.3, 0.4) is 0 Å². The average molecular weight is 301 g/mol. The number of benzene rings is 1. The van der Waals surface area contributed by atoms with Crippen molar-refractivity contribution in [1.29, 1.82) is 0 Å². The number of pyridine rings is 1. The second-order valence-corrected chi connectivity index (χ2v) is 5.35. The Kier molecular flexibility index (Phi) is 4.65. The summed E-state index contributed by atoms with van der Waals surface area (Å²) in [6, 6.07) is 9.19. The van der Waals surface area contributed by atoms with Gasteiger partial charge in [-0.25, -0.2) is 4.79 Å². The maximum atomic E-state index is 11.5. The molecule has 1 aromatic heterocycles. The maximum Gasteiger partial charge on any atom is 0.337 e. The number of rotatable bonds is 5. The lowest BCUT2D eigenvalue weighted by atomic mass is 10.1. The van der Waals surface area contributed by atoms with Crippen LogP contribution in [-0.4, -0.2) is 37.4 Å². The van der Waals surface area contributed by atoms with E-state index in [1.165, 1.54) is 7.11 Å². The molecule has 0 amide bonds. The Balaban J connectivity index is 1.66. The monoisotopic (exact) mass is 301 g/mol. The molecule has 0 radical (unpaired) electrons. The van der Waals surface area contributed by atoms with Crippen molar-refractivity contribution in [3.05, 3.63) is 41.6 Å². The zero-order chi connectivity index (χ0) is 15.4. The van der Waals surface area contributed by atoms with Crippen molar-refractivity contribution < 1.29 is 19.0 Å². The van der Waals surface area contributed by atoms with E-state index in [1.807, 2.05) is 18.2 Å². The summed E-state index contributed by atoms with van der Waals surface area (Å²) in [5.74, 6) is -0.342. The van der Waals surface area contributed by atoms with Crippen molar-refractivity contribution in [2.75, 3.05) is 20.3 Å². The van der Waals surface area contributed by atoms with Gasteiger partial charge in [0.2, 0.25) is 0 Å². The summed E-state index contributed by atoms with van der Waals surface area (Å²) in [6.07, 6.45) is 2.41. The summed E-state index contributed by atoms with van der Waals surface area (Å²) in [7, 11) is 1.37. The number of methoxy groups -OCH3 is 1. The molecule has 2 aromatic rings. The molecule has 1 atom stereocenters. The molecule has 0 bridgehead atoms. The molecule has 116 valence electrons. The topological polar surface area (TPSA) is 57.7 Å². The van der Waals surface area contributed by atoms with Gasteiger partial charge in [-0.05, 0) is 37.1 Å². The lowest BCUT2D eigenvalue weighted by molar-refractivity contribution is 0.00972. The molecule has 0 N–H and O–H groups in total. The fraction of sp³-hybridized carbons (Fsp3) is 0.412. The van der Waals surface area contributed by atoms with Crippen LogP contribution in [0.2, 0.25) is 0 Å². The van der Waals surface area contributed by atoms with Gasteiger partial charge in [0.1, 0.15) is 0 Å². The van der Waals surface area contributed by atoms with Gasteiger partial charge < -0.3 is 14.2 Å². The molecule has 1 aliphatic rings. The third-order valence-electron chi connectivity index (χ3n) is 3.75. The minimum Gasteiger partial charge on any atom is -0.465 e. The maximum absolute atomic E-state index is 11.5. The summed E-state index contributed by atoms with van der Waals surface area (Å²) in [5, 5.41) is 0.908. The molecule has 0 spiro atoms. The van der Waals surface area contributed by atoms with E-state index in [0.717, 1.165) is 36.0 Å². The number of carbonyl (C=O) groups excluding carboxylic acids is 1. The summed E-state index contributed by atoms with van der Waals surface area (Å²) >= 11 is 0. The zero-order valence-electron chi connectivity index (χ0n) is 12.6. The number of hydrogen-bond acceptors (Lipinski definition) is 5. The highest BCUT2D eigenvalue weighted by atomic mass is 16.5. The molecule has 2 heterocycles. The molecule has 22 heavy (non-hydrogen) atoms. The van der Waals surface area contributed by atoms with Gasteiger partial charge in [0, 0.05) is 12.0 Å². The van der Waals surface area contributed by atoms with Gasteiger partial charge in [0.15, 0.2) is 0 Å². The van der Waals surface area contributed by atoms with Gasteiger partial charge in [-0.1, -0.05) is 6.07 Å². The molecule has 5 nitrogen and oxygen atoms in total. The number of ether oxygens (including phenoxy) is 3. The second-order valence-electron chi connectivity index (χ2n) is 5.35. The molecule has 1 saturated heterocycles. The number of fused-ring (bicyclic) bond motifs is 1. The van der Waals surface area contributed by atoms with Gasteiger partial charge in [-0.3, -0.25) is 4.98 Å². The van der Waals surface area contributed by atoms with Crippen LogP contribution in [0, 0.1) is 0 Å². The lowest BCUT2D eigenvalue weighted by Crippen LogP contribution is -2.14. The van der Waals surface area contributed by atoms with E-state index in [-0.39, 0.29) is 12.1 Å². The molecule has 3 rings (SSSR count). The highest BCUT2D eigenvalue weighted by Gasteiger charge is 2.15. The fourth-order valence-corrected chi connectivity index (χ4v) is 2.56. The van der Waals surface area contributed by atoms with Crippen LogP contribution < -0.4 is 0 Å². The molecular weight excluding hydrogens is 282 g/mol. The van der Waals surface area contributed by atoms with Crippen molar-refractivity contribution in [1.82, 2.24) is 4.98 Å². The second kappa shape index (κ2) is 6.85. The first kappa shape index (κ1) is 14.9. The van der Waals surface area contributed by atoms with Crippen molar-refractivity contribution >= 4 is 16.9 Å². The van der Waals surface area contributed by atoms with Crippen molar-refractivity contribution in [3.63, 3.8) is 0 Å². The van der Waals surface area contributed by atoms with E-state index in [9.17, 15) is 4.79 Å². The summed E-state index contributed by atoms with van der Waals surface area (Å²) in [4.78, 5) is 16.1. The lowest BCUT2D eigenvalue weighted by Gasteiger charge is -2.10. The predicted octanol–water partition coefficient (Wildman–Crippen LogP) is 2.72. The quantitative estimate of drug-likeness (QED) is 0.795. The van der Waals surface area contributed by atoms with Gasteiger partial charge >= 0.3 is 5.97 Å². The number of hydrogen-bond donors (Lipinski definition) is 0. The number of esters is 1. The van der Waals surface area contributed by atoms with E-state index in [4.69, 9.17) is 14.2 Å². The average Bonchev–Trinajstić information content (AvgIpc) is 3.07. The SMILES string of the molecule is COC(=O)c1ccc2nc(COCC3CCCO3)ccc2c1. The first-order valence-corrected chi connectivity index (χ1v) is 7.43. The normalized spacial score (nSPS) is 17.8. The van der Waals surface area contributed by atoms with E-state index in [2.05, 4.69) is 4.98 Å². The van der Waals surface area contributed by atoms with Crippen molar-refractivity contribution in [3.8, 4) is 0 Å². The van der Waals surface area contributed by atoms with Crippen molar-refractivity contribution in [2.45, 2.75) is 25.6 Å². The van der Waals surface area contributed by atoms with E-state index in [1.54, 1.807) is 12.1 Å².